The van der Waals surface area contributed by atoms with E-state index in [-0.39, 0.29) is 33.2 Å². The fourth-order valence-corrected chi connectivity index (χ4v) is 4.20. The van der Waals surface area contributed by atoms with E-state index in [0.29, 0.717) is 21.4 Å². The lowest BCUT2D eigenvalue weighted by molar-refractivity contribution is 0.477. The van der Waals surface area contributed by atoms with Gasteiger partial charge in [0.15, 0.2) is 11.5 Å². The van der Waals surface area contributed by atoms with Gasteiger partial charge < -0.3 is 19.7 Å². The summed E-state index contributed by atoms with van der Waals surface area (Å²) >= 11 is 1.10. The number of thiophene rings is 1. The highest BCUT2D eigenvalue weighted by Gasteiger charge is 2.31. The first-order chi connectivity index (χ1) is 11.5. The van der Waals surface area contributed by atoms with Gasteiger partial charge in [-0.25, -0.2) is 0 Å². The van der Waals surface area contributed by atoms with Crippen molar-refractivity contribution in [1.82, 2.24) is 4.57 Å². The smallest absolute Gasteiger partial charge is 0.202 e. The molecular formula is C17H15N3O3S. The lowest BCUT2D eigenvalue weighted by Gasteiger charge is -2.19. The maximum atomic E-state index is 12.9. The molecule has 0 aliphatic heterocycles. The third kappa shape index (κ3) is 1.83. The van der Waals surface area contributed by atoms with Crippen molar-refractivity contribution in [3.8, 4) is 17.6 Å². The number of hydrogen-bond donors (Lipinski definition) is 2. The van der Waals surface area contributed by atoms with Crippen LogP contribution in [0, 0.1) is 11.3 Å². The fourth-order valence-electron chi connectivity index (χ4n) is 3.14. The van der Waals surface area contributed by atoms with Gasteiger partial charge in [0, 0.05) is 20.1 Å². The van der Waals surface area contributed by atoms with Crippen molar-refractivity contribution in [3.05, 3.63) is 27.2 Å². The molecule has 3 aromatic rings. The predicted octanol–water partition coefficient (Wildman–Crippen LogP) is 2.90. The van der Waals surface area contributed by atoms with E-state index in [0.717, 1.165) is 24.2 Å². The van der Waals surface area contributed by atoms with Crippen LogP contribution in [0.15, 0.2) is 16.9 Å². The number of pyridine rings is 1. The van der Waals surface area contributed by atoms with Crippen molar-refractivity contribution in [2.24, 2.45) is 0 Å². The molecule has 7 heteroatoms. The molecule has 1 fully saturated rings. The molecule has 4 rings (SSSR count). The number of aromatic nitrogens is 1. The highest BCUT2D eigenvalue weighted by atomic mass is 32.1. The molecule has 6 nitrogen and oxygen atoms in total. The Morgan fingerprint density at radius 1 is 1.29 bits per heavy atom. The Bertz CT molecular complexity index is 1100. The Hall–Kier alpha value is -2.72. The van der Waals surface area contributed by atoms with Crippen LogP contribution >= 0.6 is 11.3 Å². The van der Waals surface area contributed by atoms with Gasteiger partial charge in [0.2, 0.25) is 5.43 Å². The maximum Gasteiger partial charge on any atom is 0.202 e. The van der Waals surface area contributed by atoms with E-state index in [2.05, 4.69) is 0 Å². The molecule has 0 bridgehead atoms. The van der Waals surface area contributed by atoms with Gasteiger partial charge in [0.1, 0.15) is 21.2 Å². The summed E-state index contributed by atoms with van der Waals surface area (Å²) in [7, 11) is 3.65. The number of aromatic hydroxyl groups is 2. The lowest BCUT2D eigenvalue weighted by Crippen LogP contribution is -2.13. The lowest BCUT2D eigenvalue weighted by atomic mass is 10.1. The van der Waals surface area contributed by atoms with Crippen LogP contribution in [0.3, 0.4) is 0 Å². The Kier molecular flexibility index (Phi) is 3.02. The number of anilines is 1. The third-order valence-corrected chi connectivity index (χ3v) is 5.50. The topological polar surface area (TPSA) is 89.5 Å². The molecule has 1 aliphatic carbocycles. The molecule has 0 spiro atoms. The number of phenols is 1. The van der Waals surface area contributed by atoms with Crippen LogP contribution in [-0.2, 0) is 0 Å². The van der Waals surface area contributed by atoms with E-state index >= 15 is 0 Å². The van der Waals surface area contributed by atoms with E-state index in [1.165, 1.54) is 0 Å². The molecule has 1 aliphatic rings. The molecule has 0 unspecified atom stereocenters. The van der Waals surface area contributed by atoms with Gasteiger partial charge in [0.05, 0.1) is 16.6 Å². The van der Waals surface area contributed by atoms with Crippen molar-refractivity contribution >= 4 is 38.1 Å². The summed E-state index contributed by atoms with van der Waals surface area (Å²) in [6.07, 6.45) is 1.89. The number of nitrogens with zero attached hydrogens (tertiary/aromatic N) is 3. The minimum Gasteiger partial charge on any atom is -0.505 e. The normalized spacial score (nSPS) is 14.2. The Labute approximate surface area is 141 Å². The highest BCUT2D eigenvalue weighted by molar-refractivity contribution is 7.19. The van der Waals surface area contributed by atoms with Crippen LogP contribution in [-0.4, -0.2) is 28.9 Å². The number of nitriles is 1. The van der Waals surface area contributed by atoms with Crippen LogP contribution < -0.4 is 10.3 Å². The summed E-state index contributed by atoms with van der Waals surface area (Å²) in [6.45, 7) is 0. The largest absolute Gasteiger partial charge is 0.505 e. The van der Waals surface area contributed by atoms with E-state index in [1.807, 2.05) is 24.7 Å². The molecule has 2 N–H and O–H groups in total. The first-order valence-electron chi connectivity index (χ1n) is 7.58. The fraction of sp³-hybridized carbons (Fsp3) is 0.294. The van der Waals surface area contributed by atoms with Gasteiger partial charge >= 0.3 is 0 Å². The minimum atomic E-state index is -0.354. The first kappa shape index (κ1) is 14.8. The number of fused-ring (bicyclic) bond motifs is 2. The quantitative estimate of drug-likeness (QED) is 0.748. The number of rotatable bonds is 2. The highest BCUT2D eigenvalue weighted by Crippen LogP contribution is 2.47. The van der Waals surface area contributed by atoms with Gasteiger partial charge in [-0.1, -0.05) is 0 Å². The van der Waals surface area contributed by atoms with Gasteiger partial charge in [0.25, 0.3) is 0 Å². The molecule has 0 amide bonds. The molecule has 2 heterocycles. The first-order valence-corrected chi connectivity index (χ1v) is 8.40. The average Bonchev–Trinajstić information content (AvgIpc) is 3.32. The zero-order valence-corrected chi connectivity index (χ0v) is 14.0. The molecule has 1 aromatic carbocycles. The monoisotopic (exact) mass is 341 g/mol. The van der Waals surface area contributed by atoms with Gasteiger partial charge in [-0.15, -0.1) is 11.3 Å². The van der Waals surface area contributed by atoms with E-state index in [1.54, 1.807) is 17.0 Å². The molecule has 1 saturated carbocycles. The summed E-state index contributed by atoms with van der Waals surface area (Å²) in [5.74, 6) is -0.204. The maximum absolute atomic E-state index is 12.9. The Morgan fingerprint density at radius 3 is 2.58 bits per heavy atom. The second-order valence-corrected chi connectivity index (χ2v) is 7.23. The average molecular weight is 341 g/mol. The van der Waals surface area contributed by atoms with Crippen LogP contribution in [0.1, 0.15) is 23.8 Å². The molecule has 2 aromatic heterocycles. The van der Waals surface area contributed by atoms with Crippen molar-refractivity contribution in [1.29, 1.82) is 5.26 Å². The number of phenolic OH excluding ortho intramolecular Hbond substituents is 1. The standard InChI is InChI=1S/C17H15N3O3S/c1-19(2)10-6-5-9-13(15(10)22)20(8-3-4-8)17-12(14(9)21)16(23)11(7-18)24-17/h5-6,8,22-23H,3-4H2,1-2H3. The summed E-state index contributed by atoms with van der Waals surface area (Å²) in [6, 6.07) is 5.48. The second kappa shape index (κ2) is 4.89. The van der Waals surface area contributed by atoms with Crippen LogP contribution in [0.25, 0.3) is 21.1 Å². The van der Waals surface area contributed by atoms with Gasteiger partial charge in [-0.05, 0) is 25.0 Å². The van der Waals surface area contributed by atoms with E-state index < -0.39 is 0 Å². The number of hydrogen-bond acceptors (Lipinski definition) is 6. The van der Waals surface area contributed by atoms with E-state index in [9.17, 15) is 20.3 Å². The number of benzene rings is 1. The van der Waals surface area contributed by atoms with E-state index in [4.69, 9.17) is 0 Å². The van der Waals surface area contributed by atoms with Crippen molar-refractivity contribution in [3.63, 3.8) is 0 Å². The molecule has 122 valence electrons. The van der Waals surface area contributed by atoms with Crippen LogP contribution in [0.4, 0.5) is 5.69 Å². The summed E-state index contributed by atoms with van der Waals surface area (Å²) in [5.41, 5.74) is 0.747. The molecule has 0 saturated heterocycles. The van der Waals surface area contributed by atoms with Crippen molar-refractivity contribution < 1.29 is 10.2 Å². The zero-order chi connectivity index (χ0) is 17.2. The Morgan fingerprint density at radius 2 is 2.00 bits per heavy atom. The molecular weight excluding hydrogens is 326 g/mol. The predicted molar refractivity (Wildman–Crippen MR) is 94.2 cm³/mol. The summed E-state index contributed by atoms with van der Waals surface area (Å²) in [5, 5.41) is 30.8. The summed E-state index contributed by atoms with van der Waals surface area (Å²) in [4.78, 5) is 15.3. The van der Waals surface area contributed by atoms with Crippen LogP contribution in [0.2, 0.25) is 0 Å². The summed E-state index contributed by atoms with van der Waals surface area (Å²) < 4.78 is 1.92. The third-order valence-electron chi connectivity index (χ3n) is 4.42. The molecule has 0 atom stereocenters. The van der Waals surface area contributed by atoms with Crippen LogP contribution in [0.5, 0.6) is 11.5 Å². The zero-order valence-electron chi connectivity index (χ0n) is 13.2. The van der Waals surface area contributed by atoms with Crippen molar-refractivity contribution in [2.45, 2.75) is 18.9 Å². The minimum absolute atomic E-state index is 0.0507. The molecule has 0 radical (unpaired) electrons. The Balaban J connectivity index is 2.28. The van der Waals surface area contributed by atoms with Gasteiger partial charge in [-0.3, -0.25) is 4.79 Å². The SMILES string of the molecule is CN(C)c1ccc2c(=O)c3c(O)c(C#N)sc3n(C3CC3)c2c1O. The van der Waals surface area contributed by atoms with Crippen molar-refractivity contribution in [2.75, 3.05) is 19.0 Å². The van der Waals surface area contributed by atoms with Gasteiger partial charge in [-0.2, -0.15) is 5.26 Å². The molecule has 24 heavy (non-hydrogen) atoms. The second-order valence-electron chi connectivity index (χ2n) is 6.23.